The fourth-order valence-electron chi connectivity index (χ4n) is 3.54. The molecular formula is C31H44FN3S. The minimum atomic E-state index is -0.240. The molecule has 196 valence electrons. The highest BCUT2D eigenvalue weighted by molar-refractivity contribution is 8.06. The Morgan fingerprint density at radius 3 is 2.31 bits per heavy atom. The van der Waals surface area contributed by atoms with Crippen LogP contribution in [0.25, 0.3) is 17.7 Å². The van der Waals surface area contributed by atoms with Crippen molar-refractivity contribution in [2.45, 2.75) is 87.1 Å². The molecule has 0 spiro atoms. The first-order valence-corrected chi connectivity index (χ1v) is 14.0. The summed E-state index contributed by atoms with van der Waals surface area (Å²) >= 11 is 1.81. The Balaban J connectivity index is 0.00000316. The molecule has 0 aliphatic carbocycles. The quantitative estimate of drug-likeness (QED) is 0.331. The van der Waals surface area contributed by atoms with Crippen LogP contribution in [0.15, 0.2) is 58.6 Å². The number of nitrogens with one attached hydrogen (secondary N) is 1. The molecule has 0 saturated heterocycles. The fraction of sp³-hybridized carbons (Fsp3) is 0.419. The highest BCUT2D eigenvalue weighted by Gasteiger charge is 2.12. The molecule has 0 radical (unpaired) electrons. The molecule has 1 unspecified atom stereocenters. The average Bonchev–Trinajstić information content (AvgIpc) is 2.88. The predicted octanol–water partition coefficient (Wildman–Crippen LogP) is 8.25. The minimum Gasteiger partial charge on any atom is -0.362 e. The van der Waals surface area contributed by atoms with Crippen molar-refractivity contribution in [3.8, 4) is 0 Å². The number of allylic oxidation sites excluding steroid dienone is 5. The van der Waals surface area contributed by atoms with Gasteiger partial charge in [0.1, 0.15) is 18.0 Å². The van der Waals surface area contributed by atoms with Crippen LogP contribution < -0.4 is 15.9 Å². The minimum absolute atomic E-state index is 0.0890. The maximum Gasteiger partial charge on any atom is 0.137 e. The van der Waals surface area contributed by atoms with Crippen LogP contribution in [-0.2, 0) is 0 Å². The molecule has 36 heavy (non-hydrogen) atoms. The second kappa shape index (κ2) is 17.7. The van der Waals surface area contributed by atoms with Crippen molar-refractivity contribution in [1.29, 1.82) is 0 Å². The van der Waals surface area contributed by atoms with E-state index in [9.17, 15) is 4.39 Å². The van der Waals surface area contributed by atoms with Crippen LogP contribution in [0.2, 0.25) is 0 Å². The Hall–Kier alpha value is -2.66. The van der Waals surface area contributed by atoms with Crippen molar-refractivity contribution in [3.05, 3.63) is 80.6 Å². The summed E-state index contributed by atoms with van der Waals surface area (Å²) in [6, 6.07) is 6.68. The van der Waals surface area contributed by atoms with Gasteiger partial charge in [-0.15, -0.1) is 0 Å². The molecule has 0 aliphatic rings. The standard InChI is InChI=1S/C29H38FN3S.C2H6/c1-7-11-14-27-26(19-23(10-4)24-15-17-25(30)18-16-24)29(32-20-31-27)33-22(6)28(13-9-3)34-21(5)12-8-2;1-2/h10,12-20,22H,7-9,11H2,1-6H3,(H,31,32,33);1-2H3/b21-12-,23-10+,26-19+,27-14-,28-13+;. The van der Waals surface area contributed by atoms with Gasteiger partial charge in [-0.05, 0) is 74.3 Å². The van der Waals surface area contributed by atoms with Crippen LogP contribution in [0.3, 0.4) is 0 Å². The van der Waals surface area contributed by atoms with E-state index < -0.39 is 0 Å². The van der Waals surface area contributed by atoms with Gasteiger partial charge in [0.2, 0.25) is 0 Å². The molecular weight excluding hydrogens is 465 g/mol. The summed E-state index contributed by atoms with van der Waals surface area (Å²) in [4.78, 5) is 11.8. The van der Waals surface area contributed by atoms with Crippen molar-refractivity contribution >= 4 is 35.3 Å². The molecule has 1 aromatic carbocycles. The van der Waals surface area contributed by atoms with E-state index in [4.69, 9.17) is 0 Å². The lowest BCUT2D eigenvalue weighted by Gasteiger charge is -2.19. The number of aromatic nitrogens is 2. The summed E-state index contributed by atoms with van der Waals surface area (Å²) in [6.45, 7) is 16.8. The molecule has 0 bridgehead atoms. The Kier molecular flexibility index (Phi) is 15.4. The lowest BCUT2D eigenvalue weighted by atomic mass is 10.0. The molecule has 0 amide bonds. The number of anilines is 1. The Morgan fingerprint density at radius 2 is 1.72 bits per heavy atom. The number of unbranched alkanes of at least 4 members (excludes halogenated alkanes) is 1. The van der Waals surface area contributed by atoms with Gasteiger partial charge in [0, 0.05) is 10.1 Å². The molecule has 2 rings (SSSR count). The molecule has 5 heteroatoms. The van der Waals surface area contributed by atoms with Gasteiger partial charge in [-0.3, -0.25) is 0 Å². The monoisotopic (exact) mass is 509 g/mol. The zero-order chi connectivity index (χ0) is 26.9. The van der Waals surface area contributed by atoms with E-state index >= 15 is 0 Å². The van der Waals surface area contributed by atoms with Crippen molar-refractivity contribution in [3.63, 3.8) is 0 Å². The first-order valence-electron chi connectivity index (χ1n) is 13.2. The lowest BCUT2D eigenvalue weighted by molar-refractivity contribution is 0.627. The third kappa shape index (κ3) is 10.1. The first kappa shape index (κ1) is 31.4. The largest absolute Gasteiger partial charge is 0.362 e. The van der Waals surface area contributed by atoms with Crippen LogP contribution in [-0.4, -0.2) is 16.0 Å². The maximum absolute atomic E-state index is 13.5. The molecule has 1 aromatic heterocycles. The number of hydrogen-bond acceptors (Lipinski definition) is 4. The first-order chi connectivity index (χ1) is 17.4. The highest BCUT2D eigenvalue weighted by Crippen LogP contribution is 2.29. The summed E-state index contributed by atoms with van der Waals surface area (Å²) in [7, 11) is 0. The van der Waals surface area contributed by atoms with E-state index in [0.717, 1.165) is 53.2 Å². The number of nitrogens with zero attached hydrogens (tertiary/aromatic N) is 2. The van der Waals surface area contributed by atoms with E-state index in [1.165, 1.54) is 21.9 Å². The van der Waals surface area contributed by atoms with Crippen LogP contribution in [0.1, 0.15) is 86.6 Å². The Labute approximate surface area is 222 Å². The van der Waals surface area contributed by atoms with Gasteiger partial charge < -0.3 is 5.32 Å². The second-order valence-corrected chi connectivity index (χ2v) is 9.43. The van der Waals surface area contributed by atoms with Gasteiger partial charge in [-0.25, -0.2) is 14.4 Å². The van der Waals surface area contributed by atoms with Gasteiger partial charge in [-0.1, -0.05) is 89.2 Å². The normalized spacial score (nSPS) is 14.4. The summed E-state index contributed by atoms with van der Waals surface area (Å²) in [6.07, 6.45) is 16.4. The third-order valence-electron chi connectivity index (χ3n) is 5.29. The predicted molar refractivity (Wildman–Crippen MR) is 160 cm³/mol. The summed E-state index contributed by atoms with van der Waals surface area (Å²) < 4.78 is 13.5. The smallest absolute Gasteiger partial charge is 0.137 e. The molecule has 0 fully saturated rings. The van der Waals surface area contributed by atoms with Gasteiger partial charge in [0.15, 0.2) is 0 Å². The highest BCUT2D eigenvalue weighted by atomic mass is 32.2. The van der Waals surface area contributed by atoms with Gasteiger partial charge >= 0.3 is 0 Å². The fourth-order valence-corrected chi connectivity index (χ4v) is 4.65. The third-order valence-corrected chi connectivity index (χ3v) is 6.53. The summed E-state index contributed by atoms with van der Waals surface area (Å²) in [5.41, 5.74) is 1.95. The van der Waals surface area contributed by atoms with Crippen molar-refractivity contribution in [1.82, 2.24) is 9.97 Å². The number of halogens is 1. The number of rotatable bonds is 11. The average molecular weight is 510 g/mol. The number of thioether (sulfide) groups is 1. The van der Waals surface area contributed by atoms with E-state index in [-0.39, 0.29) is 11.9 Å². The lowest BCUT2D eigenvalue weighted by Crippen LogP contribution is -2.34. The van der Waals surface area contributed by atoms with Crippen molar-refractivity contribution in [2.24, 2.45) is 0 Å². The zero-order valence-electron chi connectivity index (χ0n) is 23.4. The van der Waals surface area contributed by atoms with E-state index in [0.29, 0.717) is 0 Å². The van der Waals surface area contributed by atoms with Crippen LogP contribution in [0, 0.1) is 5.82 Å². The van der Waals surface area contributed by atoms with Gasteiger partial charge in [-0.2, -0.15) is 0 Å². The molecule has 0 aliphatic heterocycles. The van der Waals surface area contributed by atoms with Crippen LogP contribution in [0.5, 0.6) is 0 Å². The second-order valence-electron chi connectivity index (χ2n) is 8.12. The van der Waals surface area contributed by atoms with Crippen LogP contribution in [0.4, 0.5) is 10.2 Å². The summed E-state index contributed by atoms with van der Waals surface area (Å²) in [5.74, 6) is 0.557. The van der Waals surface area contributed by atoms with Gasteiger partial charge in [0.05, 0.1) is 11.4 Å². The van der Waals surface area contributed by atoms with E-state index in [1.807, 2.05) is 38.6 Å². The molecule has 3 nitrogen and oxygen atoms in total. The Bertz CT molecular complexity index is 1130. The number of hydrogen-bond donors (Lipinski definition) is 1. The van der Waals surface area contributed by atoms with E-state index in [2.05, 4.69) is 74.2 Å². The Morgan fingerprint density at radius 1 is 1.06 bits per heavy atom. The maximum atomic E-state index is 13.5. The van der Waals surface area contributed by atoms with Crippen molar-refractivity contribution in [2.75, 3.05) is 5.32 Å². The molecule has 2 aromatic rings. The van der Waals surface area contributed by atoms with Crippen molar-refractivity contribution < 1.29 is 4.39 Å². The van der Waals surface area contributed by atoms with Crippen LogP contribution >= 0.6 is 11.8 Å². The topological polar surface area (TPSA) is 37.8 Å². The number of benzene rings is 1. The zero-order valence-corrected chi connectivity index (χ0v) is 24.2. The molecule has 1 N–H and O–H groups in total. The molecule has 1 heterocycles. The molecule has 1 atom stereocenters. The summed E-state index contributed by atoms with van der Waals surface area (Å²) in [5, 5.41) is 5.50. The SMILES string of the molecule is CC.C\C=C(/C=c1/c(NC(C)/C(=C\CC)S/C(C)=C\CC)ncn/c1=C\CCC)c1ccc(F)cc1. The molecule has 0 saturated carbocycles. The van der Waals surface area contributed by atoms with E-state index in [1.54, 1.807) is 18.5 Å². The van der Waals surface area contributed by atoms with Gasteiger partial charge in [0.25, 0.3) is 0 Å².